The van der Waals surface area contributed by atoms with Crippen molar-refractivity contribution in [3.63, 3.8) is 0 Å². The van der Waals surface area contributed by atoms with E-state index in [2.05, 4.69) is 9.72 Å². The van der Waals surface area contributed by atoms with Crippen molar-refractivity contribution in [3.8, 4) is 0 Å². The second-order valence-electron chi connectivity index (χ2n) is 3.43. The molecule has 0 fully saturated rings. The van der Waals surface area contributed by atoms with Gasteiger partial charge in [-0.1, -0.05) is 6.07 Å². The van der Waals surface area contributed by atoms with Gasteiger partial charge in [-0.3, -0.25) is 4.79 Å². The summed E-state index contributed by atoms with van der Waals surface area (Å²) < 4.78 is 4.63. The average Bonchev–Trinajstić information content (AvgIpc) is 2.74. The summed E-state index contributed by atoms with van der Waals surface area (Å²) >= 11 is 1.60. The average molecular weight is 249 g/mol. The summed E-state index contributed by atoms with van der Waals surface area (Å²) in [6.45, 7) is 0. The van der Waals surface area contributed by atoms with Gasteiger partial charge in [0, 0.05) is 15.8 Å². The van der Waals surface area contributed by atoms with Crippen LogP contribution in [0, 0.1) is 0 Å². The highest BCUT2D eigenvalue weighted by Crippen LogP contribution is 2.26. The van der Waals surface area contributed by atoms with E-state index in [-0.39, 0.29) is 5.69 Å². The topological polar surface area (TPSA) is 59.2 Å². The largest absolute Gasteiger partial charge is 0.464 e. The third-order valence-corrected chi connectivity index (χ3v) is 3.28. The van der Waals surface area contributed by atoms with Gasteiger partial charge in [0.15, 0.2) is 6.29 Å². The minimum absolute atomic E-state index is 0.204. The van der Waals surface area contributed by atoms with E-state index in [1.54, 1.807) is 11.8 Å². The number of H-pyrrole nitrogens is 1. The first-order valence-corrected chi connectivity index (χ1v) is 6.17. The second-order valence-corrected chi connectivity index (χ2v) is 4.31. The van der Waals surface area contributed by atoms with Gasteiger partial charge in [0.25, 0.3) is 0 Å². The molecular weight excluding hydrogens is 238 g/mol. The highest BCUT2D eigenvalue weighted by molar-refractivity contribution is 7.98. The number of aldehydes is 1. The summed E-state index contributed by atoms with van der Waals surface area (Å²) in [5.74, 6) is -0.533. The van der Waals surface area contributed by atoms with Gasteiger partial charge >= 0.3 is 5.97 Å². The summed E-state index contributed by atoms with van der Waals surface area (Å²) in [5, 5.41) is 0.734. The van der Waals surface area contributed by atoms with Crippen LogP contribution in [0.4, 0.5) is 0 Å². The van der Waals surface area contributed by atoms with Crippen molar-refractivity contribution in [3.05, 3.63) is 29.5 Å². The maximum atomic E-state index is 11.5. The summed E-state index contributed by atoms with van der Waals surface area (Å²) in [5.41, 5.74) is 1.31. The Kier molecular flexibility index (Phi) is 3.19. The molecule has 1 heterocycles. The van der Waals surface area contributed by atoms with Gasteiger partial charge in [0.05, 0.1) is 12.7 Å². The van der Waals surface area contributed by atoms with E-state index >= 15 is 0 Å². The highest BCUT2D eigenvalue weighted by Gasteiger charge is 2.17. The Morgan fingerprint density at radius 2 is 2.24 bits per heavy atom. The molecule has 2 aromatic rings. The molecule has 4 nitrogen and oxygen atoms in total. The fourth-order valence-corrected chi connectivity index (χ4v) is 2.15. The summed E-state index contributed by atoms with van der Waals surface area (Å²) in [6, 6.07) is 5.64. The molecule has 0 saturated heterocycles. The molecule has 0 radical (unpaired) electrons. The zero-order chi connectivity index (χ0) is 12.4. The number of hydrogen-bond donors (Lipinski definition) is 1. The Bertz CT molecular complexity index is 589. The van der Waals surface area contributed by atoms with Crippen molar-refractivity contribution in [2.75, 3.05) is 13.4 Å². The van der Waals surface area contributed by atoms with Crippen molar-refractivity contribution in [1.29, 1.82) is 0 Å². The number of carbonyl (C=O) groups is 2. The highest BCUT2D eigenvalue weighted by atomic mass is 32.2. The first-order valence-electron chi connectivity index (χ1n) is 4.94. The van der Waals surface area contributed by atoms with Crippen LogP contribution in [-0.2, 0) is 4.74 Å². The zero-order valence-corrected chi connectivity index (χ0v) is 10.3. The summed E-state index contributed by atoms with van der Waals surface area (Å²) in [4.78, 5) is 26.5. The molecule has 1 aromatic heterocycles. The predicted molar refractivity (Wildman–Crippen MR) is 66.8 cm³/mol. The molecule has 1 N–H and O–H groups in total. The van der Waals surface area contributed by atoms with E-state index in [4.69, 9.17) is 0 Å². The van der Waals surface area contributed by atoms with Crippen LogP contribution in [0.15, 0.2) is 23.1 Å². The number of nitrogens with one attached hydrogen (secondary N) is 1. The monoisotopic (exact) mass is 249 g/mol. The van der Waals surface area contributed by atoms with Crippen molar-refractivity contribution < 1.29 is 14.3 Å². The maximum Gasteiger partial charge on any atom is 0.355 e. The molecule has 0 aliphatic heterocycles. The number of benzene rings is 1. The van der Waals surface area contributed by atoms with Crippen molar-refractivity contribution >= 4 is 34.9 Å². The molecule has 0 spiro atoms. The van der Waals surface area contributed by atoms with Gasteiger partial charge in [-0.05, 0) is 18.4 Å². The molecule has 0 bridgehead atoms. The van der Waals surface area contributed by atoms with Crippen LogP contribution in [0.1, 0.15) is 20.8 Å². The predicted octanol–water partition coefficient (Wildman–Crippen LogP) is 2.49. The Morgan fingerprint density at radius 1 is 1.47 bits per heavy atom. The van der Waals surface area contributed by atoms with E-state index in [0.29, 0.717) is 11.8 Å². The molecule has 17 heavy (non-hydrogen) atoms. The lowest BCUT2D eigenvalue weighted by Crippen LogP contribution is -2.04. The van der Waals surface area contributed by atoms with Crippen molar-refractivity contribution in [2.24, 2.45) is 0 Å². The molecule has 0 atom stereocenters. The van der Waals surface area contributed by atoms with Crippen LogP contribution < -0.4 is 0 Å². The van der Waals surface area contributed by atoms with Crippen LogP contribution in [-0.4, -0.2) is 30.6 Å². The van der Waals surface area contributed by atoms with E-state index in [1.165, 1.54) is 7.11 Å². The number of aromatic amines is 1. The summed E-state index contributed by atoms with van der Waals surface area (Å²) in [7, 11) is 1.29. The number of rotatable bonds is 3. The summed E-state index contributed by atoms with van der Waals surface area (Å²) in [6.07, 6.45) is 2.63. The standard InChI is InChI=1S/C12H11NO3S/c1-16-12(15)11-9(6-14)8-4-3-7(17-2)5-10(8)13-11/h3-6,13H,1-2H3. The van der Waals surface area contributed by atoms with Crippen LogP contribution in [0.5, 0.6) is 0 Å². The number of thioether (sulfide) groups is 1. The third-order valence-electron chi connectivity index (χ3n) is 2.55. The number of methoxy groups -OCH3 is 1. The first-order chi connectivity index (χ1) is 8.21. The molecular formula is C12H11NO3S. The van der Waals surface area contributed by atoms with Crippen LogP contribution in [0.2, 0.25) is 0 Å². The fourth-order valence-electron chi connectivity index (χ4n) is 1.71. The van der Waals surface area contributed by atoms with Gasteiger partial charge in [-0.2, -0.15) is 0 Å². The second kappa shape index (κ2) is 4.63. The Balaban J connectivity index is 2.69. The minimum atomic E-state index is -0.533. The SMILES string of the molecule is COC(=O)c1[nH]c2cc(SC)ccc2c1C=O. The number of hydrogen-bond acceptors (Lipinski definition) is 4. The molecule has 0 aliphatic rings. The van der Waals surface area contributed by atoms with Crippen molar-refractivity contribution in [1.82, 2.24) is 4.98 Å². The minimum Gasteiger partial charge on any atom is -0.464 e. The lowest BCUT2D eigenvalue weighted by molar-refractivity contribution is 0.0593. The lowest BCUT2D eigenvalue weighted by Gasteiger charge is -1.95. The maximum absolute atomic E-state index is 11.5. The number of carbonyl (C=O) groups excluding carboxylic acids is 2. The molecule has 0 unspecified atom stereocenters. The molecule has 5 heteroatoms. The van der Waals surface area contributed by atoms with Gasteiger partial charge in [-0.25, -0.2) is 4.79 Å². The van der Waals surface area contributed by atoms with Crippen LogP contribution in [0.3, 0.4) is 0 Å². The van der Waals surface area contributed by atoms with Gasteiger partial charge < -0.3 is 9.72 Å². The Labute approximate surface area is 102 Å². The van der Waals surface area contributed by atoms with Gasteiger partial charge in [-0.15, -0.1) is 11.8 Å². The van der Waals surface area contributed by atoms with Crippen LogP contribution >= 0.6 is 11.8 Å². The van der Waals surface area contributed by atoms with Crippen molar-refractivity contribution in [2.45, 2.75) is 4.90 Å². The van der Waals surface area contributed by atoms with E-state index in [0.717, 1.165) is 15.8 Å². The molecule has 0 saturated carbocycles. The quantitative estimate of drug-likeness (QED) is 0.516. The van der Waals surface area contributed by atoms with Gasteiger partial charge in [0.2, 0.25) is 0 Å². The smallest absolute Gasteiger partial charge is 0.355 e. The first kappa shape index (κ1) is 11.7. The number of fused-ring (bicyclic) bond motifs is 1. The molecule has 1 aromatic carbocycles. The number of esters is 1. The third kappa shape index (κ3) is 1.93. The van der Waals surface area contributed by atoms with Gasteiger partial charge in [0.1, 0.15) is 5.69 Å². The fraction of sp³-hybridized carbons (Fsp3) is 0.167. The Morgan fingerprint density at radius 3 is 2.82 bits per heavy atom. The molecule has 2 rings (SSSR count). The van der Waals surface area contributed by atoms with Crippen LogP contribution in [0.25, 0.3) is 10.9 Å². The number of aromatic nitrogens is 1. The molecule has 88 valence electrons. The zero-order valence-electron chi connectivity index (χ0n) is 9.44. The molecule has 0 aliphatic carbocycles. The van der Waals surface area contributed by atoms with E-state index < -0.39 is 5.97 Å². The van der Waals surface area contributed by atoms with E-state index in [1.807, 2.05) is 24.5 Å². The lowest BCUT2D eigenvalue weighted by atomic mass is 10.1. The molecule has 0 amide bonds. The number of ether oxygens (including phenoxy) is 1. The van der Waals surface area contributed by atoms with E-state index in [9.17, 15) is 9.59 Å². The Hall–Kier alpha value is -1.75. The normalized spacial score (nSPS) is 10.5.